The molecule has 20 heavy (non-hydrogen) atoms. The van der Waals surface area contributed by atoms with E-state index in [2.05, 4.69) is 0 Å². The van der Waals surface area contributed by atoms with Crippen LogP contribution in [0.15, 0.2) is 36.4 Å². The number of hydrogen-bond acceptors (Lipinski definition) is 2. The zero-order valence-electron chi connectivity index (χ0n) is 10.7. The second-order valence-electron chi connectivity index (χ2n) is 4.41. The Morgan fingerprint density at radius 3 is 2.40 bits per heavy atom. The Labute approximate surface area is 120 Å². The lowest BCUT2D eigenvalue weighted by Crippen LogP contribution is -2.11. The van der Waals surface area contributed by atoms with Crippen molar-refractivity contribution in [1.29, 1.82) is 0 Å². The van der Waals surface area contributed by atoms with Crippen LogP contribution in [-0.4, -0.2) is 17.0 Å². The number of carboxylic acids is 1. The Hall–Kier alpha value is -2.33. The number of carbonyl (C=O) groups is 2. The summed E-state index contributed by atoms with van der Waals surface area (Å²) in [7, 11) is 0. The van der Waals surface area contributed by atoms with Crippen LogP contribution < -0.4 is 5.73 Å². The summed E-state index contributed by atoms with van der Waals surface area (Å²) >= 11 is 5.89. The van der Waals surface area contributed by atoms with Crippen molar-refractivity contribution in [2.24, 2.45) is 5.73 Å². The molecule has 0 bridgehead atoms. The van der Waals surface area contributed by atoms with E-state index in [9.17, 15) is 14.7 Å². The van der Waals surface area contributed by atoms with Gasteiger partial charge in [-0.25, -0.2) is 4.79 Å². The van der Waals surface area contributed by atoms with Crippen LogP contribution in [0.4, 0.5) is 0 Å². The van der Waals surface area contributed by atoms with Crippen LogP contribution in [0.25, 0.3) is 11.1 Å². The van der Waals surface area contributed by atoms with Gasteiger partial charge in [-0.15, -0.1) is 0 Å². The fraction of sp³-hybridized carbons (Fsp3) is 0.0667. The minimum absolute atomic E-state index is 0.168. The topological polar surface area (TPSA) is 80.4 Å². The van der Waals surface area contributed by atoms with Crippen molar-refractivity contribution in [3.63, 3.8) is 0 Å². The number of halogens is 1. The molecule has 0 atom stereocenters. The predicted molar refractivity (Wildman–Crippen MR) is 77.1 cm³/mol. The summed E-state index contributed by atoms with van der Waals surface area (Å²) in [5.41, 5.74) is 7.52. The van der Waals surface area contributed by atoms with Crippen molar-refractivity contribution in [1.82, 2.24) is 0 Å². The van der Waals surface area contributed by atoms with Gasteiger partial charge in [-0.3, -0.25) is 4.79 Å². The molecule has 0 fully saturated rings. The predicted octanol–water partition coefficient (Wildman–Crippen LogP) is 3.11. The lowest BCUT2D eigenvalue weighted by molar-refractivity contribution is 0.0697. The summed E-state index contributed by atoms with van der Waals surface area (Å²) in [4.78, 5) is 22.6. The van der Waals surface area contributed by atoms with E-state index in [1.165, 1.54) is 12.1 Å². The number of benzene rings is 2. The number of aryl methyl sites for hydroxylation is 1. The Bertz CT molecular complexity index is 710. The van der Waals surface area contributed by atoms with Crippen molar-refractivity contribution in [2.75, 3.05) is 0 Å². The largest absolute Gasteiger partial charge is 0.478 e. The van der Waals surface area contributed by atoms with Gasteiger partial charge in [-0.1, -0.05) is 35.4 Å². The van der Waals surface area contributed by atoms with Gasteiger partial charge in [-0.05, 0) is 36.2 Å². The second kappa shape index (κ2) is 5.35. The number of carbonyl (C=O) groups excluding carboxylic acids is 1. The molecule has 0 spiro atoms. The molecule has 0 saturated heterocycles. The molecule has 0 aromatic heterocycles. The van der Waals surface area contributed by atoms with E-state index in [-0.39, 0.29) is 16.1 Å². The first-order valence-electron chi connectivity index (χ1n) is 5.84. The van der Waals surface area contributed by atoms with Gasteiger partial charge in [0, 0.05) is 0 Å². The van der Waals surface area contributed by atoms with Gasteiger partial charge in [-0.2, -0.15) is 0 Å². The number of rotatable bonds is 3. The minimum Gasteiger partial charge on any atom is -0.478 e. The maximum absolute atomic E-state index is 11.3. The third kappa shape index (κ3) is 2.65. The number of hydrogen-bond donors (Lipinski definition) is 2. The van der Waals surface area contributed by atoms with Crippen molar-refractivity contribution in [3.05, 3.63) is 58.1 Å². The van der Waals surface area contributed by atoms with Crippen molar-refractivity contribution >= 4 is 23.5 Å². The van der Waals surface area contributed by atoms with Crippen molar-refractivity contribution < 1.29 is 14.7 Å². The van der Waals surface area contributed by atoms with Gasteiger partial charge in [0.2, 0.25) is 5.91 Å². The zero-order valence-corrected chi connectivity index (χ0v) is 11.4. The van der Waals surface area contributed by atoms with E-state index in [0.29, 0.717) is 11.1 Å². The Balaban J connectivity index is 2.66. The highest BCUT2D eigenvalue weighted by molar-refractivity contribution is 6.33. The molecule has 0 aliphatic rings. The fourth-order valence-electron chi connectivity index (χ4n) is 1.97. The highest BCUT2D eigenvalue weighted by Crippen LogP contribution is 2.28. The molecule has 2 rings (SSSR count). The fourth-order valence-corrected chi connectivity index (χ4v) is 2.18. The quantitative estimate of drug-likeness (QED) is 0.911. The third-order valence-corrected chi connectivity index (χ3v) is 3.28. The van der Waals surface area contributed by atoms with Gasteiger partial charge >= 0.3 is 5.97 Å². The van der Waals surface area contributed by atoms with Crippen LogP contribution in [0.3, 0.4) is 0 Å². The minimum atomic E-state index is -1.03. The molecular weight excluding hydrogens is 278 g/mol. The van der Waals surface area contributed by atoms with E-state index in [1.807, 2.05) is 6.92 Å². The summed E-state index contributed by atoms with van der Waals surface area (Å²) in [6.45, 7) is 1.81. The number of aromatic carboxylic acids is 1. The van der Waals surface area contributed by atoms with Crippen LogP contribution in [-0.2, 0) is 0 Å². The van der Waals surface area contributed by atoms with E-state index >= 15 is 0 Å². The van der Waals surface area contributed by atoms with E-state index in [1.54, 1.807) is 24.3 Å². The molecule has 102 valence electrons. The highest BCUT2D eigenvalue weighted by Gasteiger charge is 2.14. The summed E-state index contributed by atoms with van der Waals surface area (Å²) in [5.74, 6) is -1.68. The monoisotopic (exact) mass is 289 g/mol. The van der Waals surface area contributed by atoms with Crippen LogP contribution >= 0.6 is 11.6 Å². The average molecular weight is 290 g/mol. The van der Waals surface area contributed by atoms with E-state index in [4.69, 9.17) is 17.3 Å². The summed E-state index contributed by atoms with van der Waals surface area (Å²) in [5, 5.41) is 9.51. The average Bonchev–Trinajstić information content (AvgIpc) is 2.39. The standard InChI is InChI=1S/C15H12ClNO3/c1-8-2-4-10(11(6-8)15(19)20)9-3-5-13(16)12(7-9)14(17)18/h2-7H,1H3,(H2,17,18)(H,19,20). The van der Waals surface area contributed by atoms with Gasteiger partial charge < -0.3 is 10.8 Å². The first kappa shape index (κ1) is 14.1. The molecule has 0 saturated carbocycles. The number of nitrogens with two attached hydrogens (primary N) is 1. The van der Waals surface area contributed by atoms with Gasteiger partial charge in [0.05, 0.1) is 16.1 Å². The normalized spacial score (nSPS) is 10.3. The van der Waals surface area contributed by atoms with Crippen LogP contribution in [0, 0.1) is 6.92 Å². The summed E-state index contributed by atoms with van der Waals surface area (Å²) in [6, 6.07) is 9.78. The molecule has 0 radical (unpaired) electrons. The van der Waals surface area contributed by atoms with Gasteiger partial charge in [0.25, 0.3) is 0 Å². The third-order valence-electron chi connectivity index (χ3n) is 2.95. The van der Waals surface area contributed by atoms with Gasteiger partial charge in [0.1, 0.15) is 0 Å². The Kier molecular flexibility index (Phi) is 3.77. The number of carboxylic acid groups (broad SMARTS) is 1. The lowest BCUT2D eigenvalue weighted by atomic mass is 9.96. The molecule has 2 aromatic rings. The molecule has 5 heteroatoms. The maximum Gasteiger partial charge on any atom is 0.336 e. The molecule has 3 N–H and O–H groups in total. The second-order valence-corrected chi connectivity index (χ2v) is 4.82. The molecule has 2 aromatic carbocycles. The molecule has 0 heterocycles. The SMILES string of the molecule is Cc1ccc(-c2ccc(Cl)c(C(N)=O)c2)c(C(=O)O)c1. The Morgan fingerprint density at radius 2 is 1.80 bits per heavy atom. The molecule has 0 unspecified atom stereocenters. The smallest absolute Gasteiger partial charge is 0.336 e. The maximum atomic E-state index is 11.3. The highest BCUT2D eigenvalue weighted by atomic mass is 35.5. The molecule has 0 aliphatic heterocycles. The van der Waals surface area contributed by atoms with Crippen LogP contribution in [0.1, 0.15) is 26.3 Å². The lowest BCUT2D eigenvalue weighted by Gasteiger charge is -2.09. The summed E-state index contributed by atoms with van der Waals surface area (Å²) < 4.78 is 0. The van der Waals surface area contributed by atoms with Crippen LogP contribution in [0.2, 0.25) is 5.02 Å². The first-order valence-corrected chi connectivity index (χ1v) is 6.21. The first-order chi connectivity index (χ1) is 9.40. The van der Waals surface area contributed by atoms with E-state index in [0.717, 1.165) is 5.56 Å². The molecule has 0 aliphatic carbocycles. The van der Waals surface area contributed by atoms with Crippen molar-refractivity contribution in [2.45, 2.75) is 6.92 Å². The van der Waals surface area contributed by atoms with Gasteiger partial charge in [0.15, 0.2) is 0 Å². The van der Waals surface area contributed by atoms with Crippen molar-refractivity contribution in [3.8, 4) is 11.1 Å². The molecule has 1 amide bonds. The number of primary amides is 1. The molecule has 4 nitrogen and oxygen atoms in total. The number of amides is 1. The summed E-state index contributed by atoms with van der Waals surface area (Å²) in [6.07, 6.45) is 0. The van der Waals surface area contributed by atoms with Crippen LogP contribution in [0.5, 0.6) is 0 Å². The van der Waals surface area contributed by atoms with E-state index < -0.39 is 11.9 Å². The Morgan fingerprint density at radius 1 is 1.10 bits per heavy atom. The zero-order chi connectivity index (χ0) is 14.9. The molecular formula is C15H12ClNO3.